The molecule has 4 heteroatoms. The topological polar surface area (TPSA) is 35.6 Å². The Kier molecular flexibility index (Phi) is 1.56. The maximum absolute atomic E-state index is 11.5. The van der Waals surface area contributed by atoms with Gasteiger partial charge in [0, 0.05) is 25.7 Å². The summed E-state index contributed by atoms with van der Waals surface area (Å²) in [6.45, 7) is 1.83. The summed E-state index contributed by atoms with van der Waals surface area (Å²) in [6.07, 6.45) is 8.59. The summed E-state index contributed by atoms with van der Waals surface area (Å²) in [5.74, 6) is 0. The molecule has 1 saturated heterocycles. The number of carbonyl (C=O) groups is 1. The van der Waals surface area contributed by atoms with Gasteiger partial charge in [0.2, 0.25) is 0 Å². The first-order valence-corrected chi connectivity index (χ1v) is 5.07. The van der Waals surface area contributed by atoms with E-state index in [1.165, 1.54) is 5.70 Å². The molecule has 0 aromatic carbocycles. The van der Waals surface area contributed by atoms with E-state index in [0.29, 0.717) is 0 Å². The van der Waals surface area contributed by atoms with Crippen molar-refractivity contribution in [1.29, 1.82) is 0 Å². The van der Waals surface area contributed by atoms with Gasteiger partial charge in [0.25, 0.3) is 0 Å². The summed E-state index contributed by atoms with van der Waals surface area (Å²) < 4.78 is 0. The van der Waals surface area contributed by atoms with Gasteiger partial charge < -0.3 is 10.2 Å². The van der Waals surface area contributed by atoms with Crippen LogP contribution >= 0.6 is 0 Å². The lowest BCUT2D eigenvalue weighted by Crippen LogP contribution is -2.53. The predicted octanol–water partition coefficient (Wildman–Crippen LogP) is 0.845. The van der Waals surface area contributed by atoms with Crippen molar-refractivity contribution in [3.8, 4) is 0 Å². The second-order valence-electron chi connectivity index (χ2n) is 3.85. The largest absolute Gasteiger partial charge is 0.349 e. The highest BCUT2D eigenvalue weighted by molar-refractivity contribution is 5.77. The van der Waals surface area contributed by atoms with Gasteiger partial charge in [-0.1, -0.05) is 6.08 Å². The summed E-state index contributed by atoms with van der Waals surface area (Å²) in [5, 5.41) is 2.85. The zero-order chi connectivity index (χ0) is 9.54. The minimum Gasteiger partial charge on any atom is -0.349 e. The molecule has 3 aliphatic rings. The highest BCUT2D eigenvalue weighted by Gasteiger charge is 2.37. The van der Waals surface area contributed by atoms with Crippen molar-refractivity contribution in [2.45, 2.75) is 19.0 Å². The maximum atomic E-state index is 11.5. The van der Waals surface area contributed by atoms with Gasteiger partial charge in [-0.3, -0.25) is 4.90 Å². The SMILES string of the molecule is O=C1NCCC2N1C=C1C=CCCN12. The molecule has 1 N–H and O–H groups in total. The van der Waals surface area contributed by atoms with Gasteiger partial charge >= 0.3 is 6.03 Å². The van der Waals surface area contributed by atoms with Gasteiger partial charge in [0.15, 0.2) is 0 Å². The Hall–Kier alpha value is -1.45. The number of nitrogens with zero attached hydrogens (tertiary/aromatic N) is 2. The molecule has 4 nitrogen and oxygen atoms in total. The van der Waals surface area contributed by atoms with Crippen molar-refractivity contribution in [1.82, 2.24) is 15.1 Å². The van der Waals surface area contributed by atoms with Crippen molar-refractivity contribution < 1.29 is 4.79 Å². The van der Waals surface area contributed by atoms with E-state index in [1.807, 2.05) is 11.1 Å². The smallest absolute Gasteiger partial charge is 0.323 e. The first-order valence-electron chi connectivity index (χ1n) is 5.07. The molecule has 3 rings (SSSR count). The number of amides is 2. The first-order chi connectivity index (χ1) is 6.86. The molecule has 1 fully saturated rings. The lowest BCUT2D eigenvalue weighted by atomic mass is 10.2. The third kappa shape index (κ3) is 0.967. The van der Waals surface area contributed by atoms with Crippen LogP contribution in [-0.2, 0) is 0 Å². The normalized spacial score (nSPS) is 29.6. The highest BCUT2D eigenvalue weighted by atomic mass is 16.2. The Balaban J connectivity index is 1.94. The number of urea groups is 1. The van der Waals surface area contributed by atoms with Gasteiger partial charge in [-0.2, -0.15) is 0 Å². The fourth-order valence-corrected chi connectivity index (χ4v) is 2.35. The minimum absolute atomic E-state index is 0.0385. The quantitative estimate of drug-likeness (QED) is 0.616. The number of carbonyl (C=O) groups excluding carboxylic acids is 1. The summed E-state index contributed by atoms with van der Waals surface area (Å²) in [7, 11) is 0. The summed E-state index contributed by atoms with van der Waals surface area (Å²) in [4.78, 5) is 15.7. The second-order valence-corrected chi connectivity index (χ2v) is 3.85. The van der Waals surface area contributed by atoms with Crippen LogP contribution in [0.5, 0.6) is 0 Å². The van der Waals surface area contributed by atoms with Crippen LogP contribution in [0.25, 0.3) is 0 Å². The van der Waals surface area contributed by atoms with E-state index < -0.39 is 0 Å². The minimum atomic E-state index is 0.0385. The van der Waals surface area contributed by atoms with Gasteiger partial charge in [0.05, 0.1) is 5.70 Å². The van der Waals surface area contributed by atoms with E-state index in [2.05, 4.69) is 22.4 Å². The van der Waals surface area contributed by atoms with Crippen molar-refractivity contribution in [2.24, 2.45) is 0 Å². The molecular formula is C10H13N3O. The molecular weight excluding hydrogens is 178 g/mol. The van der Waals surface area contributed by atoms with Crippen LogP contribution in [0.4, 0.5) is 4.79 Å². The van der Waals surface area contributed by atoms with E-state index in [1.54, 1.807) is 0 Å². The monoisotopic (exact) mass is 191 g/mol. The average Bonchev–Trinajstić information content (AvgIpc) is 2.59. The maximum Gasteiger partial charge on any atom is 0.323 e. The number of nitrogens with one attached hydrogen (secondary N) is 1. The summed E-state index contributed by atoms with van der Waals surface area (Å²) in [6, 6.07) is 0.0385. The molecule has 0 aliphatic carbocycles. The molecule has 0 saturated carbocycles. The zero-order valence-corrected chi connectivity index (χ0v) is 7.94. The van der Waals surface area contributed by atoms with Gasteiger partial charge in [-0.25, -0.2) is 4.79 Å². The van der Waals surface area contributed by atoms with Crippen LogP contribution < -0.4 is 5.32 Å². The molecule has 1 atom stereocenters. The Labute approximate surface area is 82.9 Å². The van der Waals surface area contributed by atoms with E-state index in [4.69, 9.17) is 0 Å². The predicted molar refractivity (Wildman–Crippen MR) is 52.2 cm³/mol. The third-order valence-electron chi connectivity index (χ3n) is 3.02. The zero-order valence-electron chi connectivity index (χ0n) is 7.94. The number of rotatable bonds is 0. The molecule has 14 heavy (non-hydrogen) atoms. The molecule has 3 heterocycles. The fraction of sp³-hybridized carbons (Fsp3) is 0.500. The Morgan fingerprint density at radius 2 is 2.43 bits per heavy atom. The number of allylic oxidation sites excluding steroid dienone is 1. The van der Waals surface area contributed by atoms with Crippen LogP contribution in [0.3, 0.4) is 0 Å². The molecule has 0 bridgehead atoms. The van der Waals surface area contributed by atoms with Crippen molar-refractivity contribution in [3.63, 3.8) is 0 Å². The van der Waals surface area contributed by atoms with Gasteiger partial charge in [-0.05, 0) is 12.5 Å². The lowest BCUT2D eigenvalue weighted by molar-refractivity contribution is 0.126. The average molecular weight is 191 g/mol. The number of hydrogen-bond acceptors (Lipinski definition) is 2. The lowest BCUT2D eigenvalue weighted by Gasteiger charge is -2.36. The van der Waals surface area contributed by atoms with E-state index in [0.717, 1.165) is 25.9 Å². The van der Waals surface area contributed by atoms with E-state index in [9.17, 15) is 4.79 Å². The molecule has 74 valence electrons. The molecule has 3 aliphatic heterocycles. The first kappa shape index (κ1) is 7.91. The van der Waals surface area contributed by atoms with Gasteiger partial charge in [0.1, 0.15) is 6.17 Å². The standard InChI is InChI=1S/C10H13N3O/c14-10-11-5-4-9-12-6-2-1-3-8(12)7-13(9)10/h1,3,7,9H,2,4-6H2,(H,11,14). The molecule has 0 spiro atoms. The van der Waals surface area contributed by atoms with Crippen molar-refractivity contribution in [3.05, 3.63) is 24.0 Å². The Morgan fingerprint density at radius 3 is 3.36 bits per heavy atom. The van der Waals surface area contributed by atoms with Crippen LogP contribution in [0.1, 0.15) is 12.8 Å². The number of hydrogen-bond donors (Lipinski definition) is 1. The second kappa shape index (κ2) is 2.77. The van der Waals surface area contributed by atoms with Crippen LogP contribution in [0.2, 0.25) is 0 Å². The molecule has 1 unspecified atom stereocenters. The van der Waals surface area contributed by atoms with Crippen LogP contribution in [0, 0.1) is 0 Å². The fourth-order valence-electron chi connectivity index (χ4n) is 2.35. The Bertz CT molecular complexity index is 334. The molecule has 0 aromatic rings. The third-order valence-corrected chi connectivity index (χ3v) is 3.02. The summed E-state index contributed by atoms with van der Waals surface area (Å²) >= 11 is 0. The van der Waals surface area contributed by atoms with Crippen LogP contribution in [0.15, 0.2) is 24.0 Å². The van der Waals surface area contributed by atoms with Crippen molar-refractivity contribution in [2.75, 3.05) is 13.1 Å². The van der Waals surface area contributed by atoms with Crippen molar-refractivity contribution >= 4 is 6.03 Å². The molecule has 0 aromatic heterocycles. The number of fused-ring (bicyclic) bond motifs is 3. The van der Waals surface area contributed by atoms with Gasteiger partial charge in [-0.15, -0.1) is 0 Å². The Morgan fingerprint density at radius 1 is 1.50 bits per heavy atom. The highest BCUT2D eigenvalue weighted by Crippen LogP contribution is 2.29. The summed E-state index contributed by atoms with van der Waals surface area (Å²) in [5.41, 5.74) is 1.18. The van der Waals surface area contributed by atoms with E-state index >= 15 is 0 Å². The molecule has 2 amide bonds. The van der Waals surface area contributed by atoms with E-state index in [-0.39, 0.29) is 12.2 Å². The van der Waals surface area contributed by atoms with Crippen LogP contribution in [-0.4, -0.2) is 35.1 Å². The molecule has 0 radical (unpaired) electrons.